The molecule has 3 heteroatoms. The summed E-state index contributed by atoms with van der Waals surface area (Å²) in [7, 11) is 0. The normalized spacial score (nSPS) is 46.7. The van der Waals surface area contributed by atoms with Crippen molar-refractivity contribution in [3.8, 4) is 0 Å². The van der Waals surface area contributed by atoms with Crippen LogP contribution < -0.4 is 0 Å². The van der Waals surface area contributed by atoms with Gasteiger partial charge in [0.1, 0.15) is 11.6 Å². The first-order valence-electron chi connectivity index (χ1n) is 9.11. The van der Waals surface area contributed by atoms with Crippen LogP contribution in [-0.4, -0.2) is 22.3 Å². The minimum Gasteiger partial charge on any atom is -0.389 e. The van der Waals surface area contributed by atoms with Crippen LogP contribution in [0.2, 0.25) is 0 Å². The van der Waals surface area contributed by atoms with Gasteiger partial charge in [-0.3, -0.25) is 9.59 Å². The molecule has 0 spiro atoms. The molecule has 3 aliphatic carbocycles. The zero-order valence-corrected chi connectivity index (χ0v) is 14.7. The van der Waals surface area contributed by atoms with Crippen molar-refractivity contribution in [1.29, 1.82) is 0 Å². The largest absolute Gasteiger partial charge is 0.389 e. The van der Waals surface area contributed by atoms with Crippen molar-refractivity contribution in [2.45, 2.75) is 71.3 Å². The van der Waals surface area contributed by atoms with Crippen LogP contribution in [0.1, 0.15) is 65.7 Å². The Bertz CT molecular complexity index is 551. The van der Waals surface area contributed by atoms with E-state index in [0.29, 0.717) is 19.3 Å². The summed E-state index contributed by atoms with van der Waals surface area (Å²) in [5, 5.41) is 11.4. The van der Waals surface area contributed by atoms with Gasteiger partial charge in [0.05, 0.1) is 5.60 Å². The first-order valence-corrected chi connectivity index (χ1v) is 9.11. The average molecular weight is 318 g/mol. The van der Waals surface area contributed by atoms with Gasteiger partial charge in [-0.2, -0.15) is 0 Å². The summed E-state index contributed by atoms with van der Waals surface area (Å²) in [6.07, 6.45) is 5.75. The highest BCUT2D eigenvalue weighted by Gasteiger charge is 2.63. The van der Waals surface area contributed by atoms with E-state index in [2.05, 4.69) is 13.5 Å². The summed E-state index contributed by atoms with van der Waals surface area (Å²) in [6, 6.07) is 0. The van der Waals surface area contributed by atoms with Gasteiger partial charge in [0.2, 0.25) is 0 Å². The van der Waals surface area contributed by atoms with Crippen LogP contribution >= 0.6 is 0 Å². The molecule has 3 saturated carbocycles. The number of carbonyl (C=O) groups is 2. The van der Waals surface area contributed by atoms with Gasteiger partial charge in [-0.1, -0.05) is 31.9 Å². The van der Waals surface area contributed by atoms with Crippen LogP contribution in [0.3, 0.4) is 0 Å². The number of ketones is 2. The Morgan fingerprint density at radius 2 is 1.96 bits per heavy atom. The summed E-state index contributed by atoms with van der Waals surface area (Å²) in [5.74, 6) is 0.455. The van der Waals surface area contributed by atoms with Gasteiger partial charge in [-0.05, 0) is 57.3 Å². The molecule has 0 aromatic rings. The third-order valence-electron chi connectivity index (χ3n) is 7.32. The molecule has 0 heterocycles. The van der Waals surface area contributed by atoms with E-state index in [1.807, 2.05) is 6.92 Å². The van der Waals surface area contributed by atoms with Crippen molar-refractivity contribution in [3.05, 3.63) is 12.2 Å². The molecule has 0 bridgehead atoms. The summed E-state index contributed by atoms with van der Waals surface area (Å²) in [6.45, 7) is 9.72. The lowest BCUT2D eigenvalue weighted by atomic mass is 9.45. The second kappa shape index (κ2) is 5.54. The molecule has 128 valence electrons. The van der Waals surface area contributed by atoms with Crippen LogP contribution in [-0.2, 0) is 9.59 Å². The highest BCUT2D eigenvalue weighted by molar-refractivity contribution is 5.88. The van der Waals surface area contributed by atoms with E-state index in [9.17, 15) is 14.7 Å². The minimum atomic E-state index is -0.897. The third-order valence-corrected chi connectivity index (χ3v) is 7.32. The van der Waals surface area contributed by atoms with Crippen molar-refractivity contribution in [1.82, 2.24) is 0 Å². The van der Waals surface area contributed by atoms with E-state index in [1.54, 1.807) is 6.92 Å². The number of carbonyl (C=O) groups excluding carboxylic acids is 2. The number of hydrogen-bond acceptors (Lipinski definition) is 3. The average Bonchev–Trinajstić information content (AvgIpc) is 2.47. The maximum atomic E-state index is 13.0. The predicted octanol–water partition coefficient (Wildman–Crippen LogP) is 3.69. The molecule has 6 atom stereocenters. The van der Waals surface area contributed by atoms with Gasteiger partial charge in [-0.15, -0.1) is 0 Å². The molecule has 1 N–H and O–H groups in total. The minimum absolute atomic E-state index is 0.0499. The second-order valence-electron chi connectivity index (χ2n) is 8.64. The number of fused-ring (bicyclic) bond motifs is 3. The van der Waals surface area contributed by atoms with Crippen molar-refractivity contribution in [2.24, 2.45) is 29.1 Å². The lowest BCUT2D eigenvalue weighted by Crippen LogP contribution is -2.63. The van der Waals surface area contributed by atoms with Gasteiger partial charge < -0.3 is 5.11 Å². The Hall–Kier alpha value is -0.960. The van der Waals surface area contributed by atoms with Crippen LogP contribution in [0.5, 0.6) is 0 Å². The highest BCUT2D eigenvalue weighted by atomic mass is 16.3. The van der Waals surface area contributed by atoms with E-state index < -0.39 is 11.0 Å². The fourth-order valence-electron chi connectivity index (χ4n) is 5.85. The summed E-state index contributed by atoms with van der Waals surface area (Å²) < 4.78 is 0. The van der Waals surface area contributed by atoms with Gasteiger partial charge in [-0.25, -0.2) is 0 Å². The van der Waals surface area contributed by atoms with E-state index in [0.717, 1.165) is 31.3 Å². The van der Waals surface area contributed by atoms with Gasteiger partial charge in [0.25, 0.3) is 0 Å². The van der Waals surface area contributed by atoms with Gasteiger partial charge in [0, 0.05) is 17.8 Å². The van der Waals surface area contributed by atoms with Crippen molar-refractivity contribution in [3.63, 3.8) is 0 Å². The van der Waals surface area contributed by atoms with E-state index in [4.69, 9.17) is 0 Å². The lowest BCUT2D eigenvalue weighted by Gasteiger charge is -2.60. The highest BCUT2D eigenvalue weighted by Crippen LogP contribution is 2.61. The third kappa shape index (κ3) is 2.43. The number of Topliss-reactive ketones (excluding diaryl/α,β-unsaturated/α-hetero) is 2. The summed E-state index contributed by atoms with van der Waals surface area (Å²) >= 11 is 0. The Labute approximate surface area is 139 Å². The maximum absolute atomic E-state index is 13.0. The molecule has 23 heavy (non-hydrogen) atoms. The summed E-state index contributed by atoms with van der Waals surface area (Å²) in [5.41, 5.74) is -0.268. The van der Waals surface area contributed by atoms with Crippen LogP contribution in [0.25, 0.3) is 0 Å². The van der Waals surface area contributed by atoms with Crippen LogP contribution in [0.15, 0.2) is 12.2 Å². The van der Waals surface area contributed by atoms with Crippen molar-refractivity contribution >= 4 is 11.6 Å². The number of hydrogen-bond donors (Lipinski definition) is 1. The standard InChI is InChI=1S/C20H30O3/c1-12(2)14-9-16-15-7-5-6-8-20(15,23)17(13(3)21)11-19(16,4)18(22)10-14/h14-17,23H,1,5-11H2,2-4H3/t14-,15+,16+,17-,19-,20-/m1/s1. The summed E-state index contributed by atoms with van der Waals surface area (Å²) in [4.78, 5) is 25.2. The van der Waals surface area contributed by atoms with Crippen molar-refractivity contribution in [2.75, 3.05) is 0 Å². The monoisotopic (exact) mass is 318 g/mol. The first kappa shape index (κ1) is 16.9. The Morgan fingerprint density at radius 1 is 1.26 bits per heavy atom. The molecule has 3 nitrogen and oxygen atoms in total. The molecule has 3 rings (SSSR count). The molecule has 3 fully saturated rings. The van der Waals surface area contributed by atoms with Crippen molar-refractivity contribution < 1.29 is 14.7 Å². The molecule has 0 radical (unpaired) electrons. The maximum Gasteiger partial charge on any atom is 0.139 e. The zero-order chi connectivity index (χ0) is 17.0. The lowest BCUT2D eigenvalue weighted by molar-refractivity contribution is -0.193. The molecule has 0 saturated heterocycles. The van der Waals surface area contributed by atoms with E-state index >= 15 is 0 Å². The van der Waals surface area contributed by atoms with Crippen LogP contribution in [0.4, 0.5) is 0 Å². The van der Waals surface area contributed by atoms with Crippen LogP contribution in [0, 0.1) is 29.1 Å². The fourth-order valence-corrected chi connectivity index (χ4v) is 5.85. The number of allylic oxidation sites excluding steroid dienone is 1. The van der Waals surface area contributed by atoms with Gasteiger partial charge in [0.15, 0.2) is 0 Å². The topological polar surface area (TPSA) is 54.4 Å². The van der Waals surface area contributed by atoms with Gasteiger partial charge >= 0.3 is 0 Å². The second-order valence-corrected chi connectivity index (χ2v) is 8.64. The Balaban J connectivity index is 2.03. The number of rotatable bonds is 2. The van der Waals surface area contributed by atoms with E-state index in [-0.39, 0.29) is 35.2 Å². The van der Waals surface area contributed by atoms with E-state index in [1.165, 1.54) is 0 Å². The molecule has 3 aliphatic rings. The Kier molecular flexibility index (Phi) is 4.07. The smallest absolute Gasteiger partial charge is 0.139 e. The molecule has 0 aromatic carbocycles. The zero-order valence-electron chi connectivity index (χ0n) is 14.7. The fraction of sp³-hybridized carbons (Fsp3) is 0.800. The number of aliphatic hydroxyl groups is 1. The molecule has 0 aromatic heterocycles. The quantitative estimate of drug-likeness (QED) is 0.790. The molecule has 0 unspecified atom stereocenters. The Morgan fingerprint density at radius 3 is 2.57 bits per heavy atom. The molecule has 0 amide bonds. The molecular formula is C20H30O3. The molecular weight excluding hydrogens is 288 g/mol. The molecule has 0 aliphatic heterocycles. The first-order chi connectivity index (χ1) is 10.7. The predicted molar refractivity (Wildman–Crippen MR) is 89.8 cm³/mol. The SMILES string of the molecule is C=C(C)[C@H]1CC(=O)[C@]2(C)C[C@H](C(C)=O)[C@@]3(O)CCCC[C@H]3[C@@H]2C1.